The van der Waals surface area contributed by atoms with Crippen LogP contribution in [0.1, 0.15) is 58.4 Å². The summed E-state index contributed by atoms with van der Waals surface area (Å²) in [6.07, 6.45) is 0.740. The lowest BCUT2D eigenvalue weighted by molar-refractivity contribution is -0.158. The van der Waals surface area contributed by atoms with Gasteiger partial charge in [0, 0.05) is 19.9 Å². The number of carboxylic acids is 1. The van der Waals surface area contributed by atoms with E-state index in [4.69, 9.17) is 15.2 Å². The first-order valence-electron chi connectivity index (χ1n) is 13.0. The molecule has 1 aromatic carbocycles. The highest BCUT2D eigenvalue weighted by molar-refractivity contribution is 5.82. The van der Waals surface area contributed by atoms with Gasteiger partial charge in [0.05, 0.1) is 12.6 Å². The summed E-state index contributed by atoms with van der Waals surface area (Å²) in [6.45, 7) is 5.07. The van der Waals surface area contributed by atoms with E-state index in [1.54, 1.807) is 20.8 Å². The van der Waals surface area contributed by atoms with Crippen LogP contribution in [0.5, 0.6) is 0 Å². The Morgan fingerprint density at radius 1 is 0.974 bits per heavy atom. The van der Waals surface area contributed by atoms with E-state index in [9.17, 15) is 29.1 Å². The molecule has 0 bridgehead atoms. The van der Waals surface area contributed by atoms with Crippen LogP contribution >= 0.6 is 0 Å². The Hall–Kier alpha value is -3.51. The highest BCUT2D eigenvalue weighted by atomic mass is 16.6. The number of esters is 2. The summed E-state index contributed by atoms with van der Waals surface area (Å²) in [5.41, 5.74) is 5.80. The first-order chi connectivity index (χ1) is 18.3. The van der Waals surface area contributed by atoms with Gasteiger partial charge in [-0.25, -0.2) is 0 Å². The number of carbonyl (C=O) groups is 5. The van der Waals surface area contributed by atoms with Crippen LogP contribution in [0.2, 0.25) is 0 Å². The van der Waals surface area contributed by atoms with E-state index in [2.05, 4.69) is 16.0 Å². The van der Waals surface area contributed by atoms with Crippen molar-refractivity contribution in [2.75, 3.05) is 20.2 Å². The quantitative estimate of drug-likeness (QED) is 0.136. The highest BCUT2D eigenvalue weighted by Gasteiger charge is 2.30. The maximum atomic E-state index is 12.8. The standard InChI is InChI=1S/C27H42N4O8/c1-27(2,3)39-26(37)21(31-20(25(35)36)12-10-18-8-6-5-7-9-18)13-14-22(32)30-16-17-38-23(33)15-11-19(28)24(34)29-4/h5-9,19-21,31H,10-17,28H2,1-4H3,(H,29,34)(H,30,32)(H,35,36)/t19-,20-,21+/m0/s1. The molecule has 0 saturated carbocycles. The third kappa shape index (κ3) is 14.9. The van der Waals surface area contributed by atoms with E-state index in [0.717, 1.165) is 5.56 Å². The van der Waals surface area contributed by atoms with Crippen LogP contribution in [-0.2, 0) is 39.9 Å². The number of carbonyl (C=O) groups excluding carboxylic acids is 4. The monoisotopic (exact) mass is 550 g/mol. The molecule has 0 spiro atoms. The van der Waals surface area contributed by atoms with Gasteiger partial charge in [-0.1, -0.05) is 30.3 Å². The van der Waals surface area contributed by atoms with Crippen molar-refractivity contribution in [1.29, 1.82) is 0 Å². The van der Waals surface area contributed by atoms with Gasteiger partial charge in [0.1, 0.15) is 24.3 Å². The number of amides is 2. The topological polar surface area (TPSA) is 186 Å². The summed E-state index contributed by atoms with van der Waals surface area (Å²) in [5, 5.41) is 17.6. The van der Waals surface area contributed by atoms with Crippen LogP contribution in [0.3, 0.4) is 0 Å². The minimum Gasteiger partial charge on any atom is -0.480 e. The normalized spacial score (nSPS) is 13.5. The predicted molar refractivity (Wildman–Crippen MR) is 143 cm³/mol. The van der Waals surface area contributed by atoms with Gasteiger partial charge >= 0.3 is 17.9 Å². The molecule has 12 nitrogen and oxygen atoms in total. The van der Waals surface area contributed by atoms with E-state index in [1.807, 2.05) is 30.3 Å². The number of nitrogens with two attached hydrogens (primary N) is 1. The summed E-state index contributed by atoms with van der Waals surface area (Å²) >= 11 is 0. The van der Waals surface area contributed by atoms with Gasteiger partial charge in [0.2, 0.25) is 11.8 Å². The van der Waals surface area contributed by atoms with Gasteiger partial charge in [-0.05, 0) is 52.0 Å². The van der Waals surface area contributed by atoms with Crippen LogP contribution < -0.4 is 21.7 Å². The zero-order valence-corrected chi connectivity index (χ0v) is 23.2. The lowest BCUT2D eigenvalue weighted by Crippen LogP contribution is -2.49. The molecule has 0 aromatic heterocycles. The molecule has 0 aliphatic rings. The molecular weight excluding hydrogens is 508 g/mol. The van der Waals surface area contributed by atoms with Gasteiger partial charge in [-0.15, -0.1) is 0 Å². The average molecular weight is 551 g/mol. The summed E-state index contributed by atoms with van der Waals surface area (Å²) in [5.74, 6) is -3.08. The molecule has 0 saturated heterocycles. The lowest BCUT2D eigenvalue weighted by Gasteiger charge is -2.26. The fourth-order valence-electron chi connectivity index (χ4n) is 3.50. The highest BCUT2D eigenvalue weighted by Crippen LogP contribution is 2.13. The molecule has 2 amide bonds. The molecule has 0 heterocycles. The molecule has 12 heteroatoms. The number of ether oxygens (including phenoxy) is 2. The molecular formula is C27H42N4O8. The van der Waals surface area contributed by atoms with Gasteiger partial charge < -0.3 is 30.9 Å². The molecule has 218 valence electrons. The second-order valence-corrected chi connectivity index (χ2v) is 10.0. The van der Waals surface area contributed by atoms with Crippen molar-refractivity contribution in [2.45, 2.75) is 83.0 Å². The van der Waals surface area contributed by atoms with Crippen LogP contribution in [0.4, 0.5) is 0 Å². The number of likely N-dealkylation sites (N-methyl/N-ethyl adjacent to an activating group) is 1. The molecule has 0 fully saturated rings. The molecule has 3 atom stereocenters. The molecule has 0 aliphatic heterocycles. The Balaban J connectivity index is 2.58. The number of rotatable bonds is 17. The predicted octanol–water partition coefficient (Wildman–Crippen LogP) is 0.665. The van der Waals surface area contributed by atoms with Gasteiger partial charge in [0.25, 0.3) is 0 Å². The first kappa shape index (κ1) is 33.5. The minimum absolute atomic E-state index is 0.00698. The van der Waals surface area contributed by atoms with Gasteiger partial charge in [-0.2, -0.15) is 0 Å². The van der Waals surface area contributed by atoms with Crippen molar-refractivity contribution in [2.24, 2.45) is 5.73 Å². The SMILES string of the molecule is CNC(=O)[C@@H](N)CCC(=O)OCCNC(=O)CC[C@@H](N[C@@H](CCc1ccccc1)C(=O)O)C(=O)OC(C)(C)C. The number of carboxylic acid groups (broad SMARTS) is 1. The molecule has 0 radical (unpaired) electrons. The van der Waals surface area contributed by atoms with Gasteiger partial charge in [0.15, 0.2) is 0 Å². The Morgan fingerprint density at radius 3 is 2.23 bits per heavy atom. The fourth-order valence-corrected chi connectivity index (χ4v) is 3.50. The van der Waals surface area contributed by atoms with E-state index in [0.29, 0.717) is 6.42 Å². The second kappa shape index (κ2) is 17.2. The number of aliphatic carboxylic acids is 1. The van der Waals surface area contributed by atoms with E-state index in [-0.39, 0.29) is 51.2 Å². The Kier molecular flexibility index (Phi) is 14.7. The van der Waals surface area contributed by atoms with Crippen LogP contribution in [0.25, 0.3) is 0 Å². The Morgan fingerprint density at radius 2 is 1.64 bits per heavy atom. The van der Waals surface area contributed by atoms with Crippen molar-refractivity contribution in [1.82, 2.24) is 16.0 Å². The molecule has 1 aromatic rings. The number of nitrogens with one attached hydrogen (secondary N) is 3. The molecule has 39 heavy (non-hydrogen) atoms. The van der Waals surface area contributed by atoms with Crippen molar-refractivity contribution < 1.29 is 38.6 Å². The second-order valence-electron chi connectivity index (χ2n) is 10.0. The average Bonchev–Trinajstić information content (AvgIpc) is 2.88. The Bertz CT molecular complexity index is 949. The Labute approximate surface area is 229 Å². The van der Waals surface area contributed by atoms with Crippen LogP contribution in [0, 0.1) is 0 Å². The minimum atomic E-state index is -1.11. The molecule has 1 rings (SSSR count). The largest absolute Gasteiger partial charge is 0.480 e. The van der Waals surface area contributed by atoms with Crippen molar-refractivity contribution in [3.8, 4) is 0 Å². The number of benzene rings is 1. The van der Waals surface area contributed by atoms with Crippen LogP contribution in [0.15, 0.2) is 30.3 Å². The van der Waals surface area contributed by atoms with Crippen LogP contribution in [-0.4, -0.2) is 78.8 Å². The van der Waals surface area contributed by atoms with Crippen molar-refractivity contribution in [3.05, 3.63) is 35.9 Å². The zero-order chi connectivity index (χ0) is 29.4. The van der Waals surface area contributed by atoms with E-state index < -0.39 is 47.5 Å². The number of aryl methyl sites for hydroxylation is 1. The summed E-state index contributed by atoms with van der Waals surface area (Å²) in [7, 11) is 1.45. The molecule has 6 N–H and O–H groups in total. The van der Waals surface area contributed by atoms with Crippen molar-refractivity contribution >= 4 is 29.7 Å². The van der Waals surface area contributed by atoms with E-state index in [1.165, 1.54) is 7.05 Å². The lowest BCUT2D eigenvalue weighted by atomic mass is 10.0. The summed E-state index contributed by atoms with van der Waals surface area (Å²) in [6, 6.07) is 6.53. The van der Waals surface area contributed by atoms with E-state index >= 15 is 0 Å². The summed E-state index contributed by atoms with van der Waals surface area (Å²) in [4.78, 5) is 60.2. The maximum Gasteiger partial charge on any atom is 0.323 e. The third-order valence-electron chi connectivity index (χ3n) is 5.55. The van der Waals surface area contributed by atoms with Crippen molar-refractivity contribution in [3.63, 3.8) is 0 Å². The smallest absolute Gasteiger partial charge is 0.323 e. The number of hydrogen-bond acceptors (Lipinski definition) is 9. The fraction of sp³-hybridized carbons (Fsp3) is 0.593. The molecule has 0 aliphatic carbocycles. The maximum absolute atomic E-state index is 12.8. The third-order valence-corrected chi connectivity index (χ3v) is 5.55. The van der Waals surface area contributed by atoms with Gasteiger partial charge in [-0.3, -0.25) is 29.3 Å². The number of hydrogen-bond donors (Lipinski definition) is 5. The first-order valence-corrected chi connectivity index (χ1v) is 13.0. The summed E-state index contributed by atoms with van der Waals surface area (Å²) < 4.78 is 10.5. The zero-order valence-electron chi connectivity index (χ0n) is 23.2. The molecule has 0 unspecified atom stereocenters.